The number of H-pyrrole nitrogens is 1. The normalized spacial score (nSPS) is 13.9. The molecule has 0 atom stereocenters. The zero-order chi connectivity index (χ0) is 12.8. The van der Waals surface area contributed by atoms with Crippen molar-refractivity contribution in [3.8, 4) is 10.4 Å². The number of hydrogen-bond donors (Lipinski definition) is 1. The number of aromatic amines is 1. The third kappa shape index (κ3) is 1.70. The van der Waals surface area contributed by atoms with Crippen LogP contribution in [-0.4, -0.2) is 9.97 Å². The van der Waals surface area contributed by atoms with Crippen molar-refractivity contribution in [1.82, 2.24) is 9.97 Å². The van der Waals surface area contributed by atoms with Crippen molar-refractivity contribution in [2.24, 2.45) is 0 Å². The molecule has 0 spiro atoms. The minimum atomic E-state index is -0.0780. The summed E-state index contributed by atoms with van der Waals surface area (Å²) >= 11 is 1.48. The van der Waals surface area contributed by atoms with Gasteiger partial charge in [-0.2, -0.15) is 0 Å². The van der Waals surface area contributed by atoms with Gasteiger partial charge in [-0.3, -0.25) is 4.79 Å². The van der Waals surface area contributed by atoms with Crippen LogP contribution in [-0.2, 0) is 18.0 Å². The molecule has 0 amide bonds. The predicted octanol–water partition coefficient (Wildman–Crippen LogP) is 2.68. The molecule has 94 valence electrons. The molecule has 0 unspecified atom stereocenters. The number of ether oxygens (including phenoxy) is 1. The summed E-state index contributed by atoms with van der Waals surface area (Å²) in [7, 11) is 0. The molecule has 5 heteroatoms. The zero-order valence-corrected chi connectivity index (χ0v) is 10.8. The SMILES string of the molecule is O=c1[nH]cnc2cc(-c3ccc4c(c3)COC4)sc12. The van der Waals surface area contributed by atoms with Crippen LogP contribution in [0.25, 0.3) is 20.7 Å². The Hall–Kier alpha value is -1.98. The summed E-state index contributed by atoms with van der Waals surface area (Å²) in [6.07, 6.45) is 1.44. The molecule has 4 nitrogen and oxygen atoms in total. The quantitative estimate of drug-likeness (QED) is 0.739. The second kappa shape index (κ2) is 4.01. The van der Waals surface area contributed by atoms with Gasteiger partial charge in [0, 0.05) is 4.88 Å². The molecule has 0 bridgehead atoms. The lowest BCUT2D eigenvalue weighted by molar-refractivity contribution is 0.134. The Morgan fingerprint density at radius 1 is 1.21 bits per heavy atom. The Morgan fingerprint density at radius 2 is 2.11 bits per heavy atom. The van der Waals surface area contributed by atoms with E-state index in [1.807, 2.05) is 6.07 Å². The molecule has 0 saturated carbocycles. The van der Waals surface area contributed by atoms with Crippen LogP contribution in [0.4, 0.5) is 0 Å². The summed E-state index contributed by atoms with van der Waals surface area (Å²) < 4.78 is 6.10. The van der Waals surface area contributed by atoms with E-state index in [9.17, 15) is 4.79 Å². The second-order valence-corrected chi connectivity index (χ2v) is 5.59. The van der Waals surface area contributed by atoms with E-state index in [2.05, 4.69) is 28.2 Å². The van der Waals surface area contributed by atoms with Gasteiger partial charge in [-0.15, -0.1) is 11.3 Å². The molecule has 3 heterocycles. The Morgan fingerprint density at radius 3 is 3.00 bits per heavy atom. The fourth-order valence-corrected chi connectivity index (χ4v) is 3.34. The van der Waals surface area contributed by atoms with Crippen molar-refractivity contribution in [2.75, 3.05) is 0 Å². The van der Waals surface area contributed by atoms with Crippen LogP contribution in [0.15, 0.2) is 35.4 Å². The average Bonchev–Trinajstić information content (AvgIpc) is 3.04. The molecule has 0 aliphatic carbocycles. The van der Waals surface area contributed by atoms with E-state index in [0.717, 1.165) is 16.0 Å². The number of rotatable bonds is 1. The highest BCUT2D eigenvalue weighted by Crippen LogP contribution is 2.33. The Labute approximate surface area is 112 Å². The molecule has 1 aromatic carbocycles. The van der Waals surface area contributed by atoms with E-state index in [0.29, 0.717) is 17.9 Å². The molecule has 1 aliphatic rings. The first-order valence-corrected chi connectivity index (χ1v) is 6.80. The molecule has 0 saturated heterocycles. The van der Waals surface area contributed by atoms with E-state index >= 15 is 0 Å². The summed E-state index contributed by atoms with van der Waals surface area (Å²) in [6.45, 7) is 1.37. The predicted molar refractivity (Wildman–Crippen MR) is 74.2 cm³/mol. The molecule has 0 fully saturated rings. The van der Waals surface area contributed by atoms with E-state index in [4.69, 9.17) is 4.74 Å². The van der Waals surface area contributed by atoms with Crippen molar-refractivity contribution in [1.29, 1.82) is 0 Å². The fraction of sp³-hybridized carbons (Fsp3) is 0.143. The lowest BCUT2D eigenvalue weighted by atomic mass is 10.1. The Kier molecular flexibility index (Phi) is 2.30. The summed E-state index contributed by atoms with van der Waals surface area (Å²) in [5, 5.41) is 0. The largest absolute Gasteiger partial charge is 0.372 e. The molecule has 4 rings (SSSR count). The number of aromatic nitrogens is 2. The summed E-state index contributed by atoms with van der Waals surface area (Å²) in [5.74, 6) is 0. The highest BCUT2D eigenvalue weighted by atomic mass is 32.1. The Bertz CT molecular complexity index is 835. The smallest absolute Gasteiger partial charge is 0.268 e. The van der Waals surface area contributed by atoms with Crippen LogP contribution in [0.2, 0.25) is 0 Å². The van der Waals surface area contributed by atoms with Crippen molar-refractivity contribution >= 4 is 21.6 Å². The lowest BCUT2D eigenvalue weighted by Gasteiger charge is -2.00. The number of thiophene rings is 1. The van der Waals surface area contributed by atoms with Gasteiger partial charge >= 0.3 is 0 Å². The molecule has 3 aromatic rings. The van der Waals surface area contributed by atoms with Gasteiger partial charge in [-0.25, -0.2) is 4.98 Å². The van der Waals surface area contributed by atoms with E-state index in [-0.39, 0.29) is 5.56 Å². The third-order valence-electron chi connectivity index (χ3n) is 3.32. The van der Waals surface area contributed by atoms with Gasteiger partial charge in [-0.05, 0) is 28.8 Å². The van der Waals surface area contributed by atoms with Crippen molar-refractivity contribution in [3.63, 3.8) is 0 Å². The maximum atomic E-state index is 11.7. The van der Waals surface area contributed by atoms with Crippen LogP contribution < -0.4 is 5.56 Å². The first-order chi connectivity index (χ1) is 9.31. The summed E-state index contributed by atoms with van der Waals surface area (Å²) in [6, 6.07) is 8.28. The number of fused-ring (bicyclic) bond motifs is 2. The first kappa shape index (κ1) is 10.9. The van der Waals surface area contributed by atoms with Gasteiger partial charge in [0.2, 0.25) is 0 Å². The van der Waals surface area contributed by atoms with Gasteiger partial charge in [0.05, 0.1) is 25.1 Å². The first-order valence-electron chi connectivity index (χ1n) is 5.98. The number of benzene rings is 1. The number of nitrogens with zero attached hydrogens (tertiary/aromatic N) is 1. The average molecular weight is 270 g/mol. The molecule has 0 radical (unpaired) electrons. The fourth-order valence-electron chi connectivity index (χ4n) is 2.33. The Balaban J connectivity index is 1.90. The molecular formula is C14H10N2O2S. The maximum Gasteiger partial charge on any atom is 0.268 e. The summed E-state index contributed by atoms with van der Waals surface area (Å²) in [4.78, 5) is 19.6. The monoisotopic (exact) mass is 270 g/mol. The van der Waals surface area contributed by atoms with Crippen molar-refractivity contribution < 1.29 is 4.74 Å². The van der Waals surface area contributed by atoms with Gasteiger partial charge in [0.15, 0.2) is 0 Å². The highest BCUT2D eigenvalue weighted by molar-refractivity contribution is 7.22. The molecule has 19 heavy (non-hydrogen) atoms. The number of nitrogens with one attached hydrogen (secondary N) is 1. The second-order valence-electron chi connectivity index (χ2n) is 4.53. The van der Waals surface area contributed by atoms with Gasteiger partial charge in [-0.1, -0.05) is 12.1 Å². The molecule has 1 aliphatic heterocycles. The van der Waals surface area contributed by atoms with Gasteiger partial charge in [0.1, 0.15) is 4.70 Å². The number of hydrogen-bond acceptors (Lipinski definition) is 4. The highest BCUT2D eigenvalue weighted by Gasteiger charge is 2.13. The van der Waals surface area contributed by atoms with Crippen LogP contribution >= 0.6 is 11.3 Å². The van der Waals surface area contributed by atoms with Crippen molar-refractivity contribution in [2.45, 2.75) is 13.2 Å². The van der Waals surface area contributed by atoms with Gasteiger partial charge in [0.25, 0.3) is 5.56 Å². The van der Waals surface area contributed by atoms with E-state index in [1.54, 1.807) is 0 Å². The summed E-state index contributed by atoms with van der Waals surface area (Å²) in [5.41, 5.74) is 4.27. The van der Waals surface area contributed by atoms with Crippen molar-refractivity contribution in [3.05, 3.63) is 52.1 Å². The van der Waals surface area contributed by atoms with Crippen LogP contribution in [0, 0.1) is 0 Å². The van der Waals surface area contributed by atoms with Gasteiger partial charge < -0.3 is 9.72 Å². The van der Waals surface area contributed by atoms with E-state index in [1.165, 1.54) is 28.8 Å². The standard InChI is InChI=1S/C14H10N2O2S/c17-14-13-11(15-7-16-14)4-12(19-13)8-1-2-9-5-18-6-10(9)3-8/h1-4,7H,5-6H2,(H,15,16,17). The van der Waals surface area contributed by atoms with Crippen LogP contribution in [0.1, 0.15) is 11.1 Å². The third-order valence-corrected chi connectivity index (χ3v) is 4.50. The topological polar surface area (TPSA) is 55.0 Å². The lowest BCUT2D eigenvalue weighted by Crippen LogP contribution is -2.02. The zero-order valence-electron chi connectivity index (χ0n) is 9.97. The minimum absolute atomic E-state index is 0.0780. The molecular weight excluding hydrogens is 260 g/mol. The molecule has 2 aromatic heterocycles. The van der Waals surface area contributed by atoms with E-state index < -0.39 is 0 Å². The minimum Gasteiger partial charge on any atom is -0.372 e. The molecule has 1 N–H and O–H groups in total. The van der Waals surface area contributed by atoms with Crippen LogP contribution in [0.3, 0.4) is 0 Å². The van der Waals surface area contributed by atoms with Crippen LogP contribution in [0.5, 0.6) is 0 Å². The maximum absolute atomic E-state index is 11.7.